The molecule has 0 N–H and O–H groups in total. The highest BCUT2D eigenvalue weighted by Crippen LogP contribution is 2.43. The molecule has 122 valence electrons. The van der Waals surface area contributed by atoms with E-state index < -0.39 is 0 Å². The smallest absolute Gasteiger partial charge is 0.240 e. The largest absolute Gasteiger partial charge is 0.347 e. The summed E-state index contributed by atoms with van der Waals surface area (Å²) in [5.74, 6) is 1.91. The van der Waals surface area contributed by atoms with E-state index >= 15 is 0 Å². The van der Waals surface area contributed by atoms with Crippen molar-refractivity contribution < 1.29 is 8.96 Å². The van der Waals surface area contributed by atoms with E-state index in [9.17, 15) is 9.18 Å². The molecule has 1 aromatic carbocycles. The normalized spacial score (nSPS) is 15.2. The van der Waals surface area contributed by atoms with Crippen LogP contribution in [0, 0.1) is 5.82 Å². The van der Waals surface area contributed by atoms with Crippen LogP contribution in [0.3, 0.4) is 0 Å². The van der Waals surface area contributed by atoms with Crippen LogP contribution < -0.4 is 10.1 Å². The Balaban J connectivity index is 1.85. The first-order chi connectivity index (χ1) is 11.7. The lowest BCUT2D eigenvalue weighted by Gasteiger charge is -2.10. The summed E-state index contributed by atoms with van der Waals surface area (Å²) in [4.78, 5) is 12.8. The Morgan fingerprint density at radius 1 is 1.12 bits per heavy atom. The zero-order valence-electron chi connectivity index (χ0n) is 12.9. The molecule has 0 radical (unpaired) electrons. The Morgan fingerprint density at radius 3 is 2.62 bits per heavy atom. The molecule has 0 bridgehead atoms. The van der Waals surface area contributed by atoms with E-state index in [4.69, 9.17) is 0 Å². The van der Waals surface area contributed by atoms with E-state index in [1.807, 2.05) is 54.1 Å². The number of pyridine rings is 1. The zero-order valence-corrected chi connectivity index (χ0v) is 14.5. The second kappa shape index (κ2) is 6.61. The first-order valence-corrected chi connectivity index (χ1v) is 9.83. The third-order valence-electron chi connectivity index (χ3n) is 4.04. The average Bonchev–Trinajstić information content (AvgIpc) is 3.14. The maximum absolute atomic E-state index is 13.1. The van der Waals surface area contributed by atoms with Gasteiger partial charge in [-0.15, -0.1) is 23.5 Å². The summed E-state index contributed by atoms with van der Waals surface area (Å²) in [6.45, 7) is 0.600. The van der Waals surface area contributed by atoms with E-state index in [-0.39, 0.29) is 16.0 Å². The highest BCUT2D eigenvalue weighted by atomic mass is 32.2. The molecule has 0 amide bonds. The quantitative estimate of drug-likeness (QED) is 0.671. The van der Waals surface area contributed by atoms with Gasteiger partial charge in [-0.3, -0.25) is 0 Å². The maximum Gasteiger partial charge on any atom is 0.347 e. The molecule has 3 aromatic rings. The van der Waals surface area contributed by atoms with Crippen molar-refractivity contribution in [3.8, 4) is 0 Å². The van der Waals surface area contributed by atoms with E-state index in [1.54, 1.807) is 16.5 Å². The molecule has 0 spiro atoms. The van der Waals surface area contributed by atoms with Crippen molar-refractivity contribution in [2.75, 3.05) is 11.5 Å². The predicted molar refractivity (Wildman–Crippen MR) is 97.0 cm³/mol. The van der Waals surface area contributed by atoms with Crippen molar-refractivity contribution in [2.45, 2.75) is 11.1 Å². The minimum atomic E-state index is -0.239. The fraction of sp³-hybridized carbons (Fsp3) is 0.222. The van der Waals surface area contributed by atoms with Crippen LogP contribution in [0.15, 0.2) is 59.7 Å². The molecule has 6 heteroatoms. The number of halogens is 1. The molecule has 0 saturated carbocycles. The minimum absolute atomic E-state index is 0.0489. The number of rotatable bonds is 3. The average molecular weight is 359 g/mol. The molecule has 24 heavy (non-hydrogen) atoms. The van der Waals surface area contributed by atoms with E-state index in [2.05, 4.69) is 4.57 Å². The van der Waals surface area contributed by atoms with Gasteiger partial charge in [0.05, 0.1) is 10.8 Å². The second-order valence-corrected chi connectivity index (χ2v) is 8.37. The molecule has 4 rings (SSSR count). The van der Waals surface area contributed by atoms with Gasteiger partial charge in [0.25, 0.3) is 5.65 Å². The number of hydrogen-bond acceptors (Lipinski definition) is 3. The third kappa shape index (κ3) is 2.96. The van der Waals surface area contributed by atoms with Gasteiger partial charge in [-0.05, 0) is 23.8 Å². The van der Waals surface area contributed by atoms with Crippen LogP contribution in [-0.4, -0.2) is 15.9 Å². The van der Waals surface area contributed by atoms with E-state index in [0.29, 0.717) is 6.54 Å². The monoisotopic (exact) mass is 359 g/mol. The lowest BCUT2D eigenvalue weighted by atomic mass is 10.2. The minimum Gasteiger partial charge on any atom is -0.240 e. The number of aromatic nitrogens is 2. The highest BCUT2D eigenvalue weighted by molar-refractivity contribution is 8.19. The molecule has 1 saturated heterocycles. The summed E-state index contributed by atoms with van der Waals surface area (Å²) in [7, 11) is 0. The first-order valence-electron chi connectivity index (χ1n) is 7.74. The summed E-state index contributed by atoms with van der Waals surface area (Å²) in [6, 6.07) is 12.2. The van der Waals surface area contributed by atoms with Crippen LogP contribution in [0.4, 0.5) is 4.39 Å². The van der Waals surface area contributed by atoms with Crippen molar-refractivity contribution in [1.29, 1.82) is 0 Å². The fourth-order valence-electron chi connectivity index (χ4n) is 2.88. The predicted octanol–water partition coefficient (Wildman–Crippen LogP) is 3.25. The molecule has 2 aromatic heterocycles. The first kappa shape index (κ1) is 15.7. The van der Waals surface area contributed by atoms with Crippen LogP contribution in [0.1, 0.15) is 15.7 Å². The number of fused-ring (bicyclic) bond motifs is 1. The van der Waals surface area contributed by atoms with Gasteiger partial charge >= 0.3 is 5.56 Å². The van der Waals surface area contributed by atoms with Crippen molar-refractivity contribution in [1.82, 2.24) is 4.40 Å². The third-order valence-corrected chi connectivity index (χ3v) is 7.10. The van der Waals surface area contributed by atoms with Gasteiger partial charge in [0.2, 0.25) is 0 Å². The molecule has 3 heterocycles. The standard InChI is InChI=1S/C18H16FN2OS2/c19-14-6-4-13(5-7-14)11-20-12-15(18-23-9-10-24-18)17(22)21-8-2-1-3-16(20)21/h1-8,12,18H,9-11H2/q+1. The molecule has 1 aliphatic heterocycles. The van der Waals surface area contributed by atoms with Crippen molar-refractivity contribution in [2.24, 2.45) is 0 Å². The lowest BCUT2D eigenvalue weighted by Crippen LogP contribution is -2.41. The number of benzene rings is 1. The van der Waals surface area contributed by atoms with Crippen LogP contribution in [0.25, 0.3) is 5.65 Å². The molecule has 0 unspecified atom stereocenters. The van der Waals surface area contributed by atoms with Gasteiger partial charge in [-0.1, -0.05) is 18.2 Å². The summed E-state index contributed by atoms with van der Waals surface area (Å²) >= 11 is 3.64. The van der Waals surface area contributed by atoms with Crippen LogP contribution in [0.5, 0.6) is 0 Å². The Kier molecular flexibility index (Phi) is 4.33. The van der Waals surface area contributed by atoms with Crippen molar-refractivity contribution >= 4 is 29.2 Å². The fourth-order valence-corrected chi connectivity index (χ4v) is 5.72. The van der Waals surface area contributed by atoms with Gasteiger partial charge in [0.15, 0.2) is 0 Å². The number of hydrogen-bond donors (Lipinski definition) is 0. The lowest BCUT2D eigenvalue weighted by molar-refractivity contribution is -0.666. The summed E-state index contributed by atoms with van der Waals surface area (Å²) in [5, 5.41) is 0. The number of nitrogens with zero attached hydrogens (tertiary/aromatic N) is 2. The summed E-state index contributed by atoms with van der Waals surface area (Å²) in [5.41, 5.74) is 2.72. The van der Waals surface area contributed by atoms with Crippen LogP contribution >= 0.6 is 23.5 Å². The zero-order chi connectivity index (χ0) is 16.5. The van der Waals surface area contributed by atoms with E-state index in [1.165, 1.54) is 12.1 Å². The molecule has 1 aliphatic rings. The van der Waals surface area contributed by atoms with Crippen LogP contribution in [0.2, 0.25) is 0 Å². The highest BCUT2D eigenvalue weighted by Gasteiger charge is 2.26. The van der Waals surface area contributed by atoms with Gasteiger partial charge in [0.1, 0.15) is 24.1 Å². The molecule has 0 atom stereocenters. The Morgan fingerprint density at radius 2 is 1.88 bits per heavy atom. The van der Waals surface area contributed by atoms with Crippen molar-refractivity contribution in [3.63, 3.8) is 0 Å². The topological polar surface area (TPSA) is 25.4 Å². The molecule has 1 fully saturated rings. The number of thioether (sulfide) groups is 2. The van der Waals surface area contributed by atoms with Gasteiger partial charge in [-0.2, -0.15) is 4.40 Å². The van der Waals surface area contributed by atoms with Crippen LogP contribution in [-0.2, 0) is 6.54 Å². The SMILES string of the molecule is O=c1c(C2SCCS2)c[n+](Cc2ccc(F)cc2)c2ccccn12. The van der Waals surface area contributed by atoms with E-state index in [0.717, 1.165) is 28.3 Å². The van der Waals surface area contributed by atoms with Gasteiger partial charge < -0.3 is 0 Å². The Bertz CT molecular complexity index is 934. The molecule has 0 aliphatic carbocycles. The van der Waals surface area contributed by atoms with Gasteiger partial charge in [-0.25, -0.2) is 13.8 Å². The summed E-state index contributed by atoms with van der Waals surface area (Å²) in [6.07, 6.45) is 3.78. The van der Waals surface area contributed by atoms with Gasteiger partial charge in [0, 0.05) is 17.6 Å². The molecule has 3 nitrogen and oxygen atoms in total. The Hall–Kier alpha value is -1.79. The summed E-state index contributed by atoms with van der Waals surface area (Å²) < 4.78 is 17.1. The molecular weight excluding hydrogens is 343 g/mol. The Labute approximate surface area is 147 Å². The van der Waals surface area contributed by atoms with Crippen molar-refractivity contribution in [3.05, 3.63) is 82.2 Å². The second-order valence-electron chi connectivity index (χ2n) is 5.65. The molecular formula is C18H16FN2OS2+. The maximum atomic E-state index is 13.1.